The molecule has 0 bridgehead atoms. The van der Waals surface area contributed by atoms with Gasteiger partial charge in [-0.15, -0.1) is 0 Å². The monoisotopic (exact) mass is 285 g/mol. The van der Waals surface area contributed by atoms with E-state index in [-0.39, 0.29) is 12.6 Å². The number of urea groups is 1. The number of likely N-dealkylation sites (N-methyl/N-ethyl adjacent to an activating group) is 1. The Balaban J connectivity index is 1.87. The molecule has 0 aromatic heterocycles. The van der Waals surface area contributed by atoms with Gasteiger partial charge in [0.25, 0.3) is 0 Å². The first-order valence-corrected chi connectivity index (χ1v) is 7.19. The Hall–Kier alpha value is -1.34. The second-order valence-corrected chi connectivity index (χ2v) is 5.23. The molecule has 2 aliphatic heterocycles. The fourth-order valence-electron chi connectivity index (χ4n) is 2.83. The second kappa shape index (κ2) is 6.90. The Morgan fingerprint density at radius 3 is 2.60 bits per heavy atom. The summed E-state index contributed by atoms with van der Waals surface area (Å²) in [7, 11) is 0. The maximum atomic E-state index is 12.3. The largest absolute Gasteiger partial charge is 0.480 e. The number of carboxylic acids is 1. The molecule has 2 rings (SSSR count). The van der Waals surface area contributed by atoms with Crippen molar-refractivity contribution in [3.63, 3.8) is 0 Å². The number of morpholine rings is 1. The average Bonchev–Trinajstić information content (AvgIpc) is 2.94. The van der Waals surface area contributed by atoms with Crippen molar-refractivity contribution < 1.29 is 19.4 Å². The van der Waals surface area contributed by atoms with E-state index in [2.05, 4.69) is 4.90 Å². The van der Waals surface area contributed by atoms with Crippen LogP contribution in [0.1, 0.15) is 13.3 Å². The van der Waals surface area contributed by atoms with E-state index in [0.29, 0.717) is 25.7 Å². The second-order valence-electron chi connectivity index (χ2n) is 5.23. The van der Waals surface area contributed by atoms with Crippen molar-refractivity contribution in [1.29, 1.82) is 0 Å². The molecule has 0 spiro atoms. The number of hydrogen-bond donors (Lipinski definition) is 1. The standard InChI is InChI=1S/C13H23N3O4/c1-2-14(10-12(17)18)13(19)16-4-3-11(9-16)15-5-7-20-8-6-15/h11H,2-10H2,1H3,(H,17,18). The maximum absolute atomic E-state index is 12.3. The summed E-state index contributed by atoms with van der Waals surface area (Å²) in [4.78, 5) is 28.6. The molecular weight excluding hydrogens is 262 g/mol. The lowest BCUT2D eigenvalue weighted by atomic mass is 10.2. The molecule has 1 unspecified atom stereocenters. The summed E-state index contributed by atoms with van der Waals surface area (Å²) in [5.74, 6) is -0.968. The lowest BCUT2D eigenvalue weighted by Gasteiger charge is -2.32. The van der Waals surface area contributed by atoms with Crippen molar-refractivity contribution in [2.75, 3.05) is 52.5 Å². The Labute approximate surface area is 119 Å². The summed E-state index contributed by atoms with van der Waals surface area (Å²) in [6, 6.07) is 0.219. The molecule has 2 saturated heterocycles. The number of ether oxygens (including phenoxy) is 1. The summed E-state index contributed by atoms with van der Waals surface area (Å²) in [5.41, 5.74) is 0. The Kier molecular flexibility index (Phi) is 5.19. The Bertz CT molecular complexity index is 358. The molecule has 2 amide bonds. The summed E-state index contributed by atoms with van der Waals surface area (Å²) >= 11 is 0. The fourth-order valence-corrected chi connectivity index (χ4v) is 2.83. The molecule has 0 saturated carbocycles. The van der Waals surface area contributed by atoms with Gasteiger partial charge < -0.3 is 19.6 Å². The predicted molar refractivity (Wildman–Crippen MR) is 72.6 cm³/mol. The van der Waals surface area contributed by atoms with Crippen LogP contribution in [0.4, 0.5) is 4.79 Å². The third kappa shape index (κ3) is 3.61. The highest BCUT2D eigenvalue weighted by Gasteiger charge is 2.33. The SMILES string of the molecule is CCN(CC(=O)O)C(=O)N1CCC(N2CCOCC2)C1. The van der Waals surface area contributed by atoms with Crippen LogP contribution in [-0.4, -0.2) is 90.3 Å². The molecule has 7 nitrogen and oxygen atoms in total. The molecule has 2 fully saturated rings. The minimum atomic E-state index is -0.968. The third-order valence-electron chi connectivity index (χ3n) is 3.97. The van der Waals surface area contributed by atoms with E-state index in [1.165, 1.54) is 4.90 Å². The van der Waals surface area contributed by atoms with Crippen LogP contribution in [0.3, 0.4) is 0 Å². The van der Waals surface area contributed by atoms with Crippen LogP contribution < -0.4 is 0 Å². The number of nitrogens with zero attached hydrogens (tertiary/aromatic N) is 3. The molecule has 0 radical (unpaired) electrons. The van der Waals surface area contributed by atoms with Crippen LogP contribution in [0.2, 0.25) is 0 Å². The first-order chi connectivity index (χ1) is 9.61. The molecule has 1 atom stereocenters. The zero-order valence-corrected chi connectivity index (χ0v) is 12.0. The van der Waals surface area contributed by atoms with Crippen LogP contribution in [0.15, 0.2) is 0 Å². The Morgan fingerprint density at radius 2 is 2.00 bits per heavy atom. The maximum Gasteiger partial charge on any atom is 0.323 e. The lowest BCUT2D eigenvalue weighted by Crippen LogP contribution is -2.47. The minimum absolute atomic E-state index is 0.161. The van der Waals surface area contributed by atoms with Crippen molar-refractivity contribution in [2.45, 2.75) is 19.4 Å². The van der Waals surface area contributed by atoms with Crippen LogP contribution in [0.5, 0.6) is 0 Å². The lowest BCUT2D eigenvalue weighted by molar-refractivity contribution is -0.137. The van der Waals surface area contributed by atoms with Crippen molar-refractivity contribution in [3.05, 3.63) is 0 Å². The molecule has 2 heterocycles. The molecular formula is C13H23N3O4. The van der Waals surface area contributed by atoms with Gasteiger partial charge >= 0.3 is 12.0 Å². The van der Waals surface area contributed by atoms with E-state index in [9.17, 15) is 9.59 Å². The number of carbonyl (C=O) groups is 2. The van der Waals surface area contributed by atoms with Gasteiger partial charge in [0.1, 0.15) is 6.54 Å². The van der Waals surface area contributed by atoms with Gasteiger partial charge in [0.15, 0.2) is 0 Å². The summed E-state index contributed by atoms with van der Waals surface area (Å²) in [6.45, 7) is 6.73. The highest BCUT2D eigenvalue weighted by atomic mass is 16.5. The molecule has 0 aliphatic carbocycles. The average molecular weight is 285 g/mol. The highest BCUT2D eigenvalue weighted by molar-refractivity contribution is 5.80. The van der Waals surface area contributed by atoms with Gasteiger partial charge in [-0.2, -0.15) is 0 Å². The predicted octanol–water partition coefficient (Wildman–Crippen LogP) is -0.0806. The first kappa shape index (κ1) is 15.1. The molecule has 7 heteroatoms. The fraction of sp³-hybridized carbons (Fsp3) is 0.846. The number of likely N-dealkylation sites (tertiary alicyclic amines) is 1. The van der Waals surface area contributed by atoms with Crippen molar-refractivity contribution in [2.24, 2.45) is 0 Å². The topological polar surface area (TPSA) is 73.3 Å². The van der Waals surface area contributed by atoms with Gasteiger partial charge in [-0.25, -0.2) is 4.79 Å². The van der Waals surface area contributed by atoms with Gasteiger partial charge in [-0.05, 0) is 13.3 Å². The number of hydrogen-bond acceptors (Lipinski definition) is 4. The highest BCUT2D eigenvalue weighted by Crippen LogP contribution is 2.18. The Morgan fingerprint density at radius 1 is 1.30 bits per heavy atom. The van der Waals surface area contributed by atoms with Crippen LogP contribution in [0.25, 0.3) is 0 Å². The molecule has 2 aliphatic rings. The molecule has 0 aromatic rings. The van der Waals surface area contributed by atoms with E-state index >= 15 is 0 Å². The van der Waals surface area contributed by atoms with E-state index in [1.54, 1.807) is 11.8 Å². The van der Waals surface area contributed by atoms with Gasteiger partial charge in [0, 0.05) is 38.8 Å². The number of rotatable bonds is 4. The van der Waals surface area contributed by atoms with Crippen LogP contribution >= 0.6 is 0 Å². The zero-order valence-electron chi connectivity index (χ0n) is 12.0. The number of carboxylic acid groups (broad SMARTS) is 1. The third-order valence-corrected chi connectivity index (χ3v) is 3.97. The molecule has 114 valence electrons. The number of carbonyl (C=O) groups excluding carboxylic acids is 1. The summed E-state index contributed by atoms with van der Waals surface area (Å²) < 4.78 is 5.34. The zero-order chi connectivity index (χ0) is 14.5. The normalized spacial score (nSPS) is 23.9. The van der Waals surface area contributed by atoms with Gasteiger partial charge in [0.2, 0.25) is 0 Å². The van der Waals surface area contributed by atoms with Crippen molar-refractivity contribution in [3.8, 4) is 0 Å². The van der Waals surface area contributed by atoms with Gasteiger partial charge in [-0.1, -0.05) is 0 Å². The summed E-state index contributed by atoms with van der Waals surface area (Å²) in [5, 5.41) is 8.83. The van der Waals surface area contributed by atoms with Crippen molar-refractivity contribution >= 4 is 12.0 Å². The van der Waals surface area contributed by atoms with E-state index in [1.807, 2.05) is 0 Å². The van der Waals surface area contributed by atoms with Gasteiger partial charge in [0.05, 0.1) is 13.2 Å². The van der Waals surface area contributed by atoms with Gasteiger partial charge in [-0.3, -0.25) is 9.69 Å². The number of aliphatic carboxylic acids is 1. The number of amides is 2. The molecule has 1 N–H and O–H groups in total. The van der Waals surface area contributed by atoms with Crippen molar-refractivity contribution in [1.82, 2.24) is 14.7 Å². The summed E-state index contributed by atoms with van der Waals surface area (Å²) in [6.07, 6.45) is 0.955. The van der Waals surface area contributed by atoms with E-state index < -0.39 is 5.97 Å². The quantitative estimate of drug-likeness (QED) is 0.782. The van der Waals surface area contributed by atoms with Crippen LogP contribution in [0, 0.1) is 0 Å². The first-order valence-electron chi connectivity index (χ1n) is 7.19. The van der Waals surface area contributed by atoms with E-state index in [0.717, 1.165) is 32.7 Å². The smallest absolute Gasteiger partial charge is 0.323 e. The molecule has 20 heavy (non-hydrogen) atoms. The minimum Gasteiger partial charge on any atom is -0.480 e. The van der Waals surface area contributed by atoms with Crippen LogP contribution in [-0.2, 0) is 9.53 Å². The molecule has 0 aromatic carbocycles. The van der Waals surface area contributed by atoms with E-state index in [4.69, 9.17) is 9.84 Å².